The zero-order valence-electron chi connectivity index (χ0n) is 20.7. The maximum Gasteiger partial charge on any atom is 0.326 e. The van der Waals surface area contributed by atoms with Crippen LogP contribution in [0.5, 0.6) is 5.75 Å². The van der Waals surface area contributed by atoms with Crippen molar-refractivity contribution >= 4 is 28.5 Å². The number of methoxy groups -OCH3 is 1. The van der Waals surface area contributed by atoms with E-state index < -0.39 is 0 Å². The SMILES string of the molecule is COc1cc(NC(=O)C2CCC(n3c(=O)[nH]c4c(C(=O)NC5CCNC5)cccc43)CC2)ccc1C. The topological polar surface area (TPSA) is 117 Å². The predicted molar refractivity (Wildman–Crippen MR) is 139 cm³/mol. The van der Waals surface area contributed by atoms with E-state index in [1.165, 1.54) is 0 Å². The molecule has 36 heavy (non-hydrogen) atoms. The summed E-state index contributed by atoms with van der Waals surface area (Å²) >= 11 is 0. The Morgan fingerprint density at radius 2 is 1.89 bits per heavy atom. The largest absolute Gasteiger partial charge is 0.496 e. The zero-order chi connectivity index (χ0) is 25.2. The summed E-state index contributed by atoms with van der Waals surface area (Å²) in [5.41, 5.74) is 3.30. The molecule has 1 aliphatic carbocycles. The molecule has 0 spiro atoms. The normalized spacial score (nSPS) is 21.9. The molecule has 2 heterocycles. The lowest BCUT2D eigenvalue weighted by Crippen LogP contribution is -2.36. The van der Waals surface area contributed by atoms with Crippen molar-refractivity contribution in [3.05, 3.63) is 58.0 Å². The molecule has 1 unspecified atom stereocenters. The van der Waals surface area contributed by atoms with E-state index in [1.807, 2.05) is 37.3 Å². The smallest absolute Gasteiger partial charge is 0.326 e. The molecule has 1 atom stereocenters. The minimum absolute atomic E-state index is 0.00834. The standard InChI is InChI=1S/C27H33N5O4/c1-16-6-9-18(14-23(16)36-2)29-25(33)17-7-10-20(11-8-17)32-22-5-3-4-21(24(22)31-27(32)35)26(34)30-19-12-13-28-15-19/h3-6,9,14,17,19-20,28H,7-8,10-13,15H2,1-2H3,(H,29,33)(H,30,34)(H,31,35). The van der Waals surface area contributed by atoms with E-state index in [2.05, 4.69) is 20.9 Å². The van der Waals surface area contributed by atoms with Crippen molar-refractivity contribution in [2.24, 2.45) is 5.92 Å². The number of nitrogens with one attached hydrogen (secondary N) is 4. The molecule has 2 aromatic carbocycles. The minimum Gasteiger partial charge on any atom is -0.496 e. The summed E-state index contributed by atoms with van der Waals surface area (Å²) in [6.07, 6.45) is 3.70. The van der Waals surface area contributed by atoms with E-state index in [4.69, 9.17) is 4.74 Å². The summed E-state index contributed by atoms with van der Waals surface area (Å²) < 4.78 is 7.12. The molecule has 2 amide bonds. The van der Waals surface area contributed by atoms with Crippen molar-refractivity contribution < 1.29 is 14.3 Å². The molecule has 9 nitrogen and oxygen atoms in total. The van der Waals surface area contributed by atoms with E-state index in [1.54, 1.807) is 17.7 Å². The number of benzene rings is 2. The van der Waals surface area contributed by atoms with Crippen LogP contribution in [0.2, 0.25) is 0 Å². The summed E-state index contributed by atoms with van der Waals surface area (Å²) in [4.78, 5) is 41.7. The number of hydrogen-bond acceptors (Lipinski definition) is 5. The van der Waals surface area contributed by atoms with Gasteiger partial charge in [0.05, 0.1) is 23.7 Å². The molecular formula is C27H33N5O4. The van der Waals surface area contributed by atoms with Crippen LogP contribution in [0.25, 0.3) is 11.0 Å². The van der Waals surface area contributed by atoms with E-state index in [9.17, 15) is 14.4 Å². The van der Waals surface area contributed by atoms with Crippen LogP contribution in [-0.4, -0.2) is 47.6 Å². The number of aromatic nitrogens is 2. The number of nitrogens with zero attached hydrogens (tertiary/aromatic N) is 1. The lowest BCUT2D eigenvalue weighted by molar-refractivity contribution is -0.121. The Hall–Kier alpha value is -3.59. The Kier molecular flexibility index (Phi) is 6.82. The van der Waals surface area contributed by atoms with Crippen LogP contribution >= 0.6 is 0 Å². The average molecular weight is 492 g/mol. The molecule has 3 aromatic rings. The first-order valence-electron chi connectivity index (χ1n) is 12.6. The Labute approximate surface area is 209 Å². The maximum atomic E-state index is 13.0. The van der Waals surface area contributed by atoms with Gasteiger partial charge in [-0.05, 0) is 69.3 Å². The van der Waals surface area contributed by atoms with Crippen LogP contribution in [0.15, 0.2) is 41.2 Å². The maximum absolute atomic E-state index is 13.0. The number of imidazole rings is 1. The second kappa shape index (κ2) is 10.2. The number of ether oxygens (including phenoxy) is 1. The highest BCUT2D eigenvalue weighted by atomic mass is 16.5. The Morgan fingerprint density at radius 1 is 1.08 bits per heavy atom. The average Bonchev–Trinajstić information content (AvgIpc) is 3.51. The number of aryl methyl sites for hydroxylation is 1. The number of fused-ring (bicyclic) bond motifs is 1. The fraction of sp³-hybridized carbons (Fsp3) is 0.444. The van der Waals surface area contributed by atoms with Gasteiger partial charge in [0, 0.05) is 36.3 Å². The van der Waals surface area contributed by atoms with Gasteiger partial charge in [0.2, 0.25) is 5.91 Å². The number of carbonyl (C=O) groups is 2. The van der Waals surface area contributed by atoms with Crippen LogP contribution in [0.4, 0.5) is 5.69 Å². The van der Waals surface area contributed by atoms with Crippen molar-refractivity contribution in [3.8, 4) is 5.75 Å². The molecule has 5 rings (SSSR count). The molecule has 0 bridgehead atoms. The van der Waals surface area contributed by atoms with Crippen molar-refractivity contribution in [1.82, 2.24) is 20.2 Å². The molecule has 190 valence electrons. The van der Waals surface area contributed by atoms with Crippen LogP contribution in [0.3, 0.4) is 0 Å². The number of anilines is 1. The number of para-hydroxylation sites is 1. The van der Waals surface area contributed by atoms with Gasteiger partial charge in [-0.1, -0.05) is 12.1 Å². The fourth-order valence-electron chi connectivity index (χ4n) is 5.48. The van der Waals surface area contributed by atoms with Gasteiger partial charge < -0.3 is 25.7 Å². The molecule has 2 fully saturated rings. The van der Waals surface area contributed by atoms with Gasteiger partial charge in [-0.2, -0.15) is 0 Å². The molecule has 1 saturated carbocycles. The van der Waals surface area contributed by atoms with E-state index in [-0.39, 0.29) is 35.5 Å². The molecule has 0 radical (unpaired) electrons. The van der Waals surface area contributed by atoms with Gasteiger partial charge in [-0.25, -0.2) is 4.79 Å². The number of H-pyrrole nitrogens is 1. The van der Waals surface area contributed by atoms with Gasteiger partial charge >= 0.3 is 5.69 Å². The lowest BCUT2D eigenvalue weighted by atomic mass is 9.85. The third-order valence-electron chi connectivity index (χ3n) is 7.50. The number of rotatable bonds is 6. The quantitative estimate of drug-likeness (QED) is 0.423. The molecule has 9 heteroatoms. The van der Waals surface area contributed by atoms with Crippen LogP contribution in [0, 0.1) is 12.8 Å². The van der Waals surface area contributed by atoms with E-state index in [0.717, 1.165) is 42.0 Å². The molecule has 1 aliphatic heterocycles. The number of hydrogen-bond donors (Lipinski definition) is 4. The minimum atomic E-state index is -0.215. The molecule has 1 saturated heterocycles. The molecular weight excluding hydrogens is 458 g/mol. The lowest BCUT2D eigenvalue weighted by Gasteiger charge is -2.28. The summed E-state index contributed by atoms with van der Waals surface area (Å²) in [6, 6.07) is 11.2. The third-order valence-corrected chi connectivity index (χ3v) is 7.50. The van der Waals surface area contributed by atoms with Gasteiger partial charge in [0.1, 0.15) is 5.75 Å². The first-order chi connectivity index (χ1) is 17.4. The van der Waals surface area contributed by atoms with Gasteiger partial charge in [-0.3, -0.25) is 14.2 Å². The van der Waals surface area contributed by atoms with Gasteiger partial charge in [0.15, 0.2) is 0 Å². The zero-order valence-corrected chi connectivity index (χ0v) is 20.7. The van der Waals surface area contributed by atoms with Crippen LogP contribution in [0.1, 0.15) is 54.1 Å². The van der Waals surface area contributed by atoms with Crippen LogP contribution in [-0.2, 0) is 4.79 Å². The van der Waals surface area contributed by atoms with E-state index in [0.29, 0.717) is 36.8 Å². The highest BCUT2D eigenvalue weighted by Crippen LogP contribution is 2.34. The van der Waals surface area contributed by atoms with Crippen molar-refractivity contribution in [1.29, 1.82) is 0 Å². The highest BCUT2D eigenvalue weighted by Gasteiger charge is 2.30. The number of amides is 2. The number of aromatic amines is 1. The summed E-state index contributed by atoms with van der Waals surface area (Å²) in [5, 5.41) is 9.31. The second-order valence-corrected chi connectivity index (χ2v) is 9.84. The first-order valence-corrected chi connectivity index (χ1v) is 12.6. The summed E-state index contributed by atoms with van der Waals surface area (Å²) in [5.74, 6) is 0.445. The molecule has 2 aliphatic rings. The monoisotopic (exact) mass is 491 g/mol. The molecule has 4 N–H and O–H groups in total. The van der Waals surface area contributed by atoms with Crippen molar-refractivity contribution in [3.63, 3.8) is 0 Å². The Balaban J connectivity index is 1.28. The van der Waals surface area contributed by atoms with Gasteiger partial charge in [0.25, 0.3) is 5.91 Å². The summed E-state index contributed by atoms with van der Waals surface area (Å²) in [6.45, 7) is 3.61. The first kappa shape index (κ1) is 24.1. The predicted octanol–water partition coefficient (Wildman–Crippen LogP) is 3.11. The second-order valence-electron chi connectivity index (χ2n) is 9.84. The van der Waals surface area contributed by atoms with Gasteiger partial charge in [-0.15, -0.1) is 0 Å². The Bertz CT molecular complexity index is 1330. The third kappa shape index (κ3) is 4.75. The fourth-order valence-corrected chi connectivity index (χ4v) is 5.48. The summed E-state index contributed by atoms with van der Waals surface area (Å²) in [7, 11) is 1.62. The van der Waals surface area contributed by atoms with Crippen molar-refractivity contribution in [2.75, 3.05) is 25.5 Å². The van der Waals surface area contributed by atoms with Crippen LogP contribution < -0.4 is 26.4 Å². The highest BCUT2D eigenvalue weighted by molar-refractivity contribution is 6.05. The Morgan fingerprint density at radius 3 is 2.61 bits per heavy atom. The van der Waals surface area contributed by atoms with E-state index >= 15 is 0 Å². The van der Waals surface area contributed by atoms with Crippen molar-refractivity contribution in [2.45, 2.75) is 51.1 Å². The number of carbonyl (C=O) groups excluding carboxylic acids is 2. The molecule has 1 aromatic heterocycles.